The Kier molecular flexibility index (Phi) is 2.98. The Morgan fingerprint density at radius 3 is 2.27 bits per heavy atom. The summed E-state index contributed by atoms with van der Waals surface area (Å²) in [6, 6.07) is 19.1. The molecule has 2 nitrogen and oxygen atoms in total. The zero-order valence-corrected chi connectivity index (χ0v) is 12.4. The quantitative estimate of drug-likeness (QED) is 0.507. The molecule has 0 atom stereocenters. The standard InChI is InChI=1S/C19H12ClNO/c20-17-10-9-15(12-5-1-2-6-13(12)17)19(22)16-11-21-18-8-4-3-7-14(16)18/h1-11,21H. The van der Waals surface area contributed by atoms with Gasteiger partial charge < -0.3 is 4.98 Å². The van der Waals surface area contributed by atoms with Gasteiger partial charge in [-0.15, -0.1) is 0 Å². The Hall–Kier alpha value is -2.58. The van der Waals surface area contributed by atoms with Crippen LogP contribution in [0.1, 0.15) is 15.9 Å². The molecule has 1 aromatic heterocycles. The summed E-state index contributed by atoms with van der Waals surface area (Å²) in [5.41, 5.74) is 2.32. The number of hydrogen-bond acceptors (Lipinski definition) is 1. The lowest BCUT2D eigenvalue weighted by Gasteiger charge is -2.07. The van der Waals surface area contributed by atoms with Crippen LogP contribution in [-0.4, -0.2) is 10.8 Å². The third-order valence-corrected chi connectivity index (χ3v) is 4.28. The third kappa shape index (κ3) is 1.92. The van der Waals surface area contributed by atoms with Crippen LogP contribution in [0.25, 0.3) is 21.7 Å². The van der Waals surface area contributed by atoms with E-state index in [0.29, 0.717) is 16.1 Å². The minimum atomic E-state index is 0.00492. The van der Waals surface area contributed by atoms with Crippen molar-refractivity contribution in [1.82, 2.24) is 4.98 Å². The normalized spacial score (nSPS) is 11.1. The van der Waals surface area contributed by atoms with Crippen molar-refractivity contribution < 1.29 is 4.79 Å². The number of ketones is 1. The fraction of sp³-hybridized carbons (Fsp3) is 0. The molecule has 0 bridgehead atoms. The minimum absolute atomic E-state index is 0.00492. The van der Waals surface area contributed by atoms with Crippen molar-refractivity contribution in [3.05, 3.63) is 83.0 Å². The van der Waals surface area contributed by atoms with Crippen LogP contribution in [-0.2, 0) is 0 Å². The molecule has 4 aromatic rings. The molecule has 0 unspecified atom stereocenters. The molecule has 0 fully saturated rings. The van der Waals surface area contributed by atoms with Gasteiger partial charge in [0.1, 0.15) is 0 Å². The van der Waals surface area contributed by atoms with Gasteiger partial charge in [0, 0.05) is 38.6 Å². The number of carbonyl (C=O) groups excluding carboxylic acids is 1. The maximum absolute atomic E-state index is 13.0. The van der Waals surface area contributed by atoms with E-state index < -0.39 is 0 Å². The van der Waals surface area contributed by atoms with Crippen LogP contribution >= 0.6 is 11.6 Å². The average Bonchev–Trinajstić information content (AvgIpc) is 2.99. The van der Waals surface area contributed by atoms with Gasteiger partial charge in [-0.2, -0.15) is 0 Å². The van der Waals surface area contributed by atoms with E-state index in [2.05, 4.69) is 4.98 Å². The van der Waals surface area contributed by atoms with E-state index >= 15 is 0 Å². The summed E-state index contributed by atoms with van der Waals surface area (Å²) in [7, 11) is 0. The molecule has 0 aliphatic heterocycles. The van der Waals surface area contributed by atoms with Gasteiger partial charge in [0.15, 0.2) is 5.78 Å². The molecule has 4 rings (SSSR count). The van der Waals surface area contributed by atoms with E-state index in [-0.39, 0.29) is 5.78 Å². The molecule has 3 aromatic carbocycles. The highest BCUT2D eigenvalue weighted by atomic mass is 35.5. The van der Waals surface area contributed by atoms with Gasteiger partial charge >= 0.3 is 0 Å². The second-order valence-electron chi connectivity index (χ2n) is 5.22. The van der Waals surface area contributed by atoms with E-state index in [1.807, 2.05) is 48.5 Å². The molecule has 3 heteroatoms. The van der Waals surface area contributed by atoms with Crippen LogP contribution < -0.4 is 0 Å². The SMILES string of the molecule is O=C(c1c[nH]c2ccccc12)c1ccc(Cl)c2ccccc12. The molecule has 0 aliphatic rings. The predicted octanol–water partition coefficient (Wildman–Crippen LogP) is 5.21. The van der Waals surface area contributed by atoms with E-state index in [4.69, 9.17) is 11.6 Å². The minimum Gasteiger partial charge on any atom is -0.360 e. The van der Waals surface area contributed by atoms with Crippen molar-refractivity contribution in [3.63, 3.8) is 0 Å². The third-order valence-electron chi connectivity index (χ3n) is 3.95. The number of aromatic amines is 1. The molecule has 0 saturated carbocycles. The van der Waals surface area contributed by atoms with E-state index in [9.17, 15) is 4.79 Å². The lowest BCUT2D eigenvalue weighted by atomic mass is 9.97. The number of para-hydroxylation sites is 1. The highest BCUT2D eigenvalue weighted by Crippen LogP contribution is 2.29. The maximum Gasteiger partial charge on any atom is 0.195 e. The highest BCUT2D eigenvalue weighted by Gasteiger charge is 2.17. The van der Waals surface area contributed by atoms with Crippen LogP contribution in [0.5, 0.6) is 0 Å². The second-order valence-corrected chi connectivity index (χ2v) is 5.62. The lowest BCUT2D eigenvalue weighted by molar-refractivity contribution is 0.104. The molecule has 0 spiro atoms. The Labute approximate surface area is 132 Å². The Morgan fingerprint density at radius 2 is 1.45 bits per heavy atom. The molecule has 0 aliphatic carbocycles. The predicted molar refractivity (Wildman–Crippen MR) is 90.7 cm³/mol. The summed E-state index contributed by atoms with van der Waals surface area (Å²) in [6.07, 6.45) is 1.77. The van der Waals surface area contributed by atoms with E-state index in [1.165, 1.54) is 0 Å². The average molecular weight is 306 g/mol. The first-order valence-electron chi connectivity index (χ1n) is 7.04. The largest absolute Gasteiger partial charge is 0.360 e. The van der Waals surface area contributed by atoms with Gasteiger partial charge in [-0.3, -0.25) is 4.79 Å². The number of fused-ring (bicyclic) bond motifs is 2. The van der Waals surface area contributed by atoms with Crippen molar-refractivity contribution in [2.45, 2.75) is 0 Å². The van der Waals surface area contributed by atoms with E-state index in [1.54, 1.807) is 18.3 Å². The molecule has 1 N–H and O–H groups in total. The van der Waals surface area contributed by atoms with Crippen LogP contribution in [0.3, 0.4) is 0 Å². The maximum atomic E-state index is 13.0. The Bertz CT molecular complexity index is 1020. The number of benzene rings is 3. The fourth-order valence-electron chi connectivity index (χ4n) is 2.86. The van der Waals surface area contributed by atoms with Crippen molar-refractivity contribution in [2.24, 2.45) is 0 Å². The molecule has 106 valence electrons. The Morgan fingerprint density at radius 1 is 0.773 bits per heavy atom. The smallest absolute Gasteiger partial charge is 0.195 e. The van der Waals surface area contributed by atoms with Crippen LogP contribution in [0, 0.1) is 0 Å². The van der Waals surface area contributed by atoms with E-state index in [0.717, 1.165) is 21.7 Å². The fourth-order valence-corrected chi connectivity index (χ4v) is 3.09. The number of rotatable bonds is 2. The molecular formula is C19H12ClNO. The first kappa shape index (κ1) is 13.1. The molecule has 0 saturated heterocycles. The van der Waals surface area contributed by atoms with Gasteiger partial charge in [0.05, 0.1) is 0 Å². The van der Waals surface area contributed by atoms with Crippen LogP contribution in [0.2, 0.25) is 5.02 Å². The number of aromatic nitrogens is 1. The molecule has 0 amide bonds. The number of halogens is 1. The lowest BCUT2D eigenvalue weighted by Crippen LogP contribution is -2.01. The first-order valence-corrected chi connectivity index (χ1v) is 7.41. The number of carbonyl (C=O) groups is 1. The summed E-state index contributed by atoms with van der Waals surface area (Å²) in [5, 5.41) is 3.37. The zero-order valence-electron chi connectivity index (χ0n) is 11.6. The Balaban J connectivity index is 1.96. The van der Waals surface area contributed by atoms with Gasteiger partial charge in [0.2, 0.25) is 0 Å². The molecule has 1 heterocycles. The van der Waals surface area contributed by atoms with Crippen molar-refractivity contribution >= 4 is 39.1 Å². The highest BCUT2D eigenvalue weighted by molar-refractivity contribution is 6.36. The van der Waals surface area contributed by atoms with Crippen LogP contribution in [0.4, 0.5) is 0 Å². The first-order chi connectivity index (χ1) is 10.8. The summed E-state index contributed by atoms with van der Waals surface area (Å²) in [5.74, 6) is 0.00492. The molecule has 22 heavy (non-hydrogen) atoms. The molecular weight excluding hydrogens is 294 g/mol. The van der Waals surface area contributed by atoms with Gasteiger partial charge in [-0.25, -0.2) is 0 Å². The van der Waals surface area contributed by atoms with Gasteiger partial charge in [-0.05, 0) is 23.6 Å². The number of nitrogens with one attached hydrogen (secondary N) is 1. The van der Waals surface area contributed by atoms with Crippen molar-refractivity contribution in [1.29, 1.82) is 0 Å². The van der Waals surface area contributed by atoms with Crippen LogP contribution in [0.15, 0.2) is 66.9 Å². The zero-order chi connectivity index (χ0) is 15.1. The van der Waals surface area contributed by atoms with Gasteiger partial charge in [0.25, 0.3) is 0 Å². The summed E-state index contributed by atoms with van der Waals surface area (Å²) in [4.78, 5) is 16.1. The summed E-state index contributed by atoms with van der Waals surface area (Å²) >= 11 is 6.24. The number of H-pyrrole nitrogens is 1. The number of hydrogen-bond donors (Lipinski definition) is 1. The van der Waals surface area contributed by atoms with Crippen molar-refractivity contribution in [2.75, 3.05) is 0 Å². The molecule has 0 radical (unpaired) electrons. The second kappa shape index (κ2) is 5.00. The monoisotopic (exact) mass is 305 g/mol. The van der Waals surface area contributed by atoms with Gasteiger partial charge in [-0.1, -0.05) is 54.1 Å². The summed E-state index contributed by atoms with van der Waals surface area (Å²) in [6.45, 7) is 0. The van der Waals surface area contributed by atoms with Crippen molar-refractivity contribution in [3.8, 4) is 0 Å². The summed E-state index contributed by atoms with van der Waals surface area (Å²) < 4.78 is 0. The topological polar surface area (TPSA) is 32.9 Å².